The average Bonchev–Trinajstić information content (AvgIpc) is 3.07. The lowest BCUT2D eigenvalue weighted by atomic mass is 10.3. The van der Waals surface area contributed by atoms with Crippen LogP contribution >= 0.6 is 0 Å². The highest BCUT2D eigenvalue weighted by Gasteiger charge is 2.34. The predicted molar refractivity (Wildman–Crippen MR) is 79.8 cm³/mol. The van der Waals surface area contributed by atoms with Crippen molar-refractivity contribution in [3.8, 4) is 0 Å². The molecule has 22 heavy (non-hydrogen) atoms. The third kappa shape index (κ3) is 3.55. The molecule has 1 saturated carbocycles. The van der Waals surface area contributed by atoms with Gasteiger partial charge in [0.2, 0.25) is 0 Å². The Labute approximate surface area is 128 Å². The fourth-order valence-corrected chi connectivity index (χ4v) is 2.89. The lowest BCUT2D eigenvalue weighted by molar-refractivity contribution is 0.0668. The summed E-state index contributed by atoms with van der Waals surface area (Å²) in [5.74, 6) is 0.926. The third-order valence-electron chi connectivity index (χ3n) is 4.22. The number of aromatic nitrogens is 2. The Kier molecular flexibility index (Phi) is 4.56. The van der Waals surface area contributed by atoms with E-state index in [1.165, 1.54) is 25.2 Å². The summed E-state index contributed by atoms with van der Waals surface area (Å²) in [4.78, 5) is 10.6. The summed E-state index contributed by atoms with van der Waals surface area (Å²) < 4.78 is 26.4. The molecular weight excluding hydrogens is 290 g/mol. The molecule has 1 saturated heterocycles. The molecule has 0 radical (unpaired) electrons. The summed E-state index contributed by atoms with van der Waals surface area (Å²) in [6.45, 7) is -0.210. The molecule has 1 aromatic heterocycles. The van der Waals surface area contributed by atoms with Crippen molar-refractivity contribution in [2.75, 3.05) is 20.1 Å². The van der Waals surface area contributed by atoms with E-state index in [2.05, 4.69) is 25.5 Å². The lowest BCUT2D eigenvalue weighted by Crippen LogP contribution is -2.44. The second kappa shape index (κ2) is 6.60. The largest absolute Gasteiger partial charge is 0.352 e. The Bertz CT molecular complexity index is 525. The number of guanidine groups is 1. The molecule has 0 amide bonds. The van der Waals surface area contributed by atoms with Crippen LogP contribution in [0.3, 0.4) is 0 Å². The maximum absolute atomic E-state index is 12.8. The minimum atomic E-state index is -2.57. The first kappa shape index (κ1) is 15.2. The van der Waals surface area contributed by atoms with E-state index in [0.717, 1.165) is 30.1 Å². The van der Waals surface area contributed by atoms with Crippen LogP contribution in [0.15, 0.2) is 17.4 Å². The van der Waals surface area contributed by atoms with Gasteiger partial charge in [0, 0.05) is 44.6 Å². The normalized spacial score (nSPS) is 23.3. The van der Waals surface area contributed by atoms with Crippen LogP contribution in [0, 0.1) is 0 Å². The number of nitrogens with one attached hydrogen (secondary N) is 2. The zero-order valence-corrected chi connectivity index (χ0v) is 12.7. The zero-order valence-electron chi connectivity index (χ0n) is 12.7. The van der Waals surface area contributed by atoms with Gasteiger partial charge in [0.25, 0.3) is 0 Å². The molecule has 122 valence electrons. The first-order chi connectivity index (χ1) is 10.7. The minimum absolute atomic E-state index is 0.218. The number of hydrogen-bond donors (Lipinski definition) is 2. The van der Waals surface area contributed by atoms with Crippen molar-refractivity contribution < 1.29 is 8.78 Å². The van der Waals surface area contributed by atoms with Gasteiger partial charge in [-0.2, -0.15) is 8.78 Å². The van der Waals surface area contributed by atoms with Crippen molar-refractivity contribution >= 4 is 5.96 Å². The Balaban J connectivity index is 1.49. The Hall–Kier alpha value is -1.70. The molecule has 2 N–H and O–H groups in total. The quantitative estimate of drug-likeness (QED) is 0.633. The van der Waals surface area contributed by atoms with E-state index >= 15 is 0 Å². The van der Waals surface area contributed by atoms with Crippen molar-refractivity contribution in [3.05, 3.63) is 18.2 Å². The summed E-state index contributed by atoms with van der Waals surface area (Å²) >= 11 is 0. The van der Waals surface area contributed by atoms with Gasteiger partial charge in [-0.05, 0) is 19.3 Å². The summed E-state index contributed by atoms with van der Waals surface area (Å²) in [6.07, 6.45) is 6.38. The molecular formula is C14H22F2N6. The number of aliphatic imine (C=N–C) groups is 1. The number of halogens is 2. The highest BCUT2D eigenvalue weighted by molar-refractivity contribution is 5.79. The van der Waals surface area contributed by atoms with Gasteiger partial charge in [-0.1, -0.05) is 0 Å². The standard InChI is InChI=1S/C14H22F2N6/c1-17-14(19-8-12-18-5-7-22(12)13(15)16)20-10-4-6-21(9-10)11-2-3-11/h5,7,10-11,13H,2-4,6,8-9H2,1H3,(H2,17,19,20). The zero-order chi connectivity index (χ0) is 15.5. The number of hydrogen-bond acceptors (Lipinski definition) is 3. The monoisotopic (exact) mass is 312 g/mol. The lowest BCUT2D eigenvalue weighted by Gasteiger charge is -2.18. The molecule has 2 fully saturated rings. The van der Waals surface area contributed by atoms with Crippen LogP contribution in [-0.2, 0) is 6.54 Å². The van der Waals surface area contributed by atoms with Crippen LogP contribution in [0.2, 0.25) is 0 Å². The third-order valence-corrected chi connectivity index (χ3v) is 4.22. The molecule has 0 bridgehead atoms. The predicted octanol–water partition coefficient (Wildman–Crippen LogP) is 1.18. The van der Waals surface area contributed by atoms with Crippen molar-refractivity contribution in [3.63, 3.8) is 0 Å². The molecule has 1 atom stereocenters. The number of imidazole rings is 1. The van der Waals surface area contributed by atoms with Crippen LogP contribution < -0.4 is 10.6 Å². The van der Waals surface area contributed by atoms with Crippen LogP contribution in [0.4, 0.5) is 8.78 Å². The first-order valence-electron chi connectivity index (χ1n) is 7.68. The van der Waals surface area contributed by atoms with Gasteiger partial charge >= 0.3 is 6.55 Å². The van der Waals surface area contributed by atoms with E-state index in [-0.39, 0.29) is 6.54 Å². The molecule has 0 aromatic carbocycles. The summed E-state index contributed by atoms with van der Waals surface area (Å²) in [5.41, 5.74) is 0. The van der Waals surface area contributed by atoms with Gasteiger partial charge in [-0.15, -0.1) is 0 Å². The van der Waals surface area contributed by atoms with Crippen molar-refractivity contribution in [1.82, 2.24) is 25.1 Å². The average molecular weight is 312 g/mol. The van der Waals surface area contributed by atoms with Gasteiger partial charge < -0.3 is 10.6 Å². The van der Waals surface area contributed by atoms with Crippen LogP contribution in [0.1, 0.15) is 31.6 Å². The molecule has 1 aliphatic heterocycles. The van der Waals surface area contributed by atoms with Crippen molar-refractivity contribution in [2.24, 2.45) is 4.99 Å². The van der Waals surface area contributed by atoms with Crippen LogP contribution in [0.25, 0.3) is 0 Å². The molecule has 1 unspecified atom stereocenters. The van der Waals surface area contributed by atoms with E-state index in [9.17, 15) is 8.78 Å². The smallest absolute Gasteiger partial charge is 0.319 e. The molecule has 6 nitrogen and oxygen atoms in total. The van der Waals surface area contributed by atoms with E-state index in [1.54, 1.807) is 7.05 Å². The molecule has 2 heterocycles. The van der Waals surface area contributed by atoms with E-state index < -0.39 is 6.55 Å². The Morgan fingerprint density at radius 3 is 2.95 bits per heavy atom. The minimum Gasteiger partial charge on any atom is -0.352 e. The van der Waals surface area contributed by atoms with Crippen molar-refractivity contribution in [2.45, 2.75) is 44.4 Å². The van der Waals surface area contributed by atoms with E-state index in [1.807, 2.05) is 0 Å². The Morgan fingerprint density at radius 2 is 2.27 bits per heavy atom. The van der Waals surface area contributed by atoms with Gasteiger partial charge in [0.1, 0.15) is 5.82 Å². The molecule has 1 aromatic rings. The highest BCUT2D eigenvalue weighted by Crippen LogP contribution is 2.29. The topological polar surface area (TPSA) is 57.5 Å². The summed E-state index contributed by atoms with van der Waals surface area (Å²) in [7, 11) is 1.68. The van der Waals surface area contributed by atoms with Crippen LogP contribution in [0.5, 0.6) is 0 Å². The molecule has 8 heteroatoms. The van der Waals surface area contributed by atoms with E-state index in [4.69, 9.17) is 0 Å². The van der Waals surface area contributed by atoms with Crippen LogP contribution in [-0.4, -0.2) is 52.6 Å². The highest BCUT2D eigenvalue weighted by atomic mass is 19.3. The number of likely N-dealkylation sites (tertiary alicyclic amines) is 1. The van der Waals surface area contributed by atoms with Gasteiger partial charge in [-0.3, -0.25) is 14.5 Å². The number of alkyl halides is 2. The van der Waals surface area contributed by atoms with Gasteiger partial charge in [0.05, 0.1) is 6.54 Å². The molecule has 0 spiro atoms. The van der Waals surface area contributed by atoms with Gasteiger partial charge in [0.15, 0.2) is 5.96 Å². The Morgan fingerprint density at radius 1 is 1.45 bits per heavy atom. The maximum Gasteiger partial charge on any atom is 0.319 e. The van der Waals surface area contributed by atoms with Crippen molar-refractivity contribution in [1.29, 1.82) is 0 Å². The van der Waals surface area contributed by atoms with Gasteiger partial charge in [-0.25, -0.2) is 4.98 Å². The molecule has 2 aliphatic rings. The second-order valence-electron chi connectivity index (χ2n) is 5.81. The number of nitrogens with zero attached hydrogens (tertiary/aromatic N) is 4. The molecule has 3 rings (SSSR count). The molecule has 1 aliphatic carbocycles. The van der Waals surface area contributed by atoms with E-state index in [0.29, 0.717) is 17.8 Å². The SMILES string of the molecule is CN=C(NCc1nccn1C(F)F)NC1CCN(C2CC2)C1. The first-order valence-corrected chi connectivity index (χ1v) is 7.68. The number of rotatable bonds is 5. The summed E-state index contributed by atoms with van der Waals surface area (Å²) in [5, 5.41) is 6.42. The second-order valence-corrected chi connectivity index (χ2v) is 5.81. The fourth-order valence-electron chi connectivity index (χ4n) is 2.89. The fraction of sp³-hybridized carbons (Fsp3) is 0.714. The summed E-state index contributed by atoms with van der Waals surface area (Å²) in [6, 6.07) is 1.14. The maximum atomic E-state index is 12.8.